The smallest absolute Gasteiger partial charge is 0.337 e. The topological polar surface area (TPSA) is 43.4 Å². The predicted molar refractivity (Wildman–Crippen MR) is 77.0 cm³/mol. The van der Waals surface area contributed by atoms with E-state index in [0.717, 1.165) is 11.1 Å². The minimum atomic E-state index is -0.522. The van der Waals surface area contributed by atoms with E-state index in [2.05, 4.69) is 4.74 Å². The highest BCUT2D eigenvalue weighted by Crippen LogP contribution is 2.16. The van der Waals surface area contributed by atoms with E-state index in [4.69, 9.17) is 0 Å². The monoisotopic (exact) mass is 286 g/mol. The van der Waals surface area contributed by atoms with Crippen LogP contribution in [0.15, 0.2) is 42.5 Å². The number of carbonyl (C=O) groups excluding carboxylic acids is 2. The summed E-state index contributed by atoms with van der Waals surface area (Å²) >= 11 is 0. The third-order valence-electron chi connectivity index (χ3n) is 3.29. The number of methoxy groups -OCH3 is 1. The van der Waals surface area contributed by atoms with Gasteiger partial charge in [-0.05, 0) is 42.3 Å². The molecule has 0 bridgehead atoms. The van der Waals surface area contributed by atoms with Crippen molar-refractivity contribution in [1.82, 2.24) is 0 Å². The van der Waals surface area contributed by atoms with Crippen molar-refractivity contribution in [3.05, 3.63) is 70.5 Å². The van der Waals surface area contributed by atoms with E-state index < -0.39 is 11.8 Å². The van der Waals surface area contributed by atoms with Gasteiger partial charge in [0.25, 0.3) is 0 Å². The largest absolute Gasteiger partial charge is 0.465 e. The predicted octanol–water partition coefficient (Wildman–Crippen LogP) is 3.35. The number of ketones is 1. The average Bonchev–Trinajstić information content (AvgIpc) is 2.48. The Morgan fingerprint density at radius 3 is 2.48 bits per heavy atom. The second-order valence-corrected chi connectivity index (χ2v) is 4.71. The number of ether oxygens (including phenoxy) is 1. The van der Waals surface area contributed by atoms with E-state index in [0.29, 0.717) is 5.56 Å². The molecule has 0 heterocycles. The minimum absolute atomic E-state index is 0.0777. The minimum Gasteiger partial charge on any atom is -0.465 e. The fraction of sp³-hybridized carbons (Fsp3) is 0.176. The summed E-state index contributed by atoms with van der Waals surface area (Å²) < 4.78 is 18.2. The van der Waals surface area contributed by atoms with Gasteiger partial charge in [0.05, 0.1) is 18.2 Å². The van der Waals surface area contributed by atoms with Gasteiger partial charge in [-0.25, -0.2) is 9.18 Å². The van der Waals surface area contributed by atoms with Crippen molar-refractivity contribution in [1.29, 1.82) is 0 Å². The van der Waals surface area contributed by atoms with Gasteiger partial charge in [0.15, 0.2) is 5.78 Å². The second kappa shape index (κ2) is 6.31. The van der Waals surface area contributed by atoms with Crippen molar-refractivity contribution in [2.75, 3.05) is 7.11 Å². The van der Waals surface area contributed by atoms with Crippen LogP contribution < -0.4 is 0 Å². The molecule has 4 heteroatoms. The molecule has 2 aromatic carbocycles. The number of hydrogen-bond donors (Lipinski definition) is 0. The Morgan fingerprint density at radius 1 is 1.14 bits per heavy atom. The molecule has 0 aliphatic carbocycles. The third-order valence-corrected chi connectivity index (χ3v) is 3.29. The first-order chi connectivity index (χ1) is 10.0. The van der Waals surface area contributed by atoms with Gasteiger partial charge in [-0.3, -0.25) is 4.79 Å². The number of halogens is 1. The molecule has 0 spiro atoms. The molecule has 2 aromatic rings. The summed E-state index contributed by atoms with van der Waals surface area (Å²) in [6, 6.07) is 10.9. The molecular weight excluding hydrogens is 271 g/mol. The number of Topliss-reactive ketones (excluding diaryl/α,β-unsaturated/α-hetero) is 1. The molecule has 0 N–H and O–H groups in total. The molecule has 0 atom stereocenters. The lowest BCUT2D eigenvalue weighted by atomic mass is 9.97. The molecule has 0 saturated carbocycles. The zero-order valence-corrected chi connectivity index (χ0v) is 11.9. The van der Waals surface area contributed by atoms with Crippen LogP contribution in [0.1, 0.15) is 31.8 Å². The average molecular weight is 286 g/mol. The van der Waals surface area contributed by atoms with Gasteiger partial charge in [-0.2, -0.15) is 0 Å². The van der Waals surface area contributed by atoms with Crippen molar-refractivity contribution >= 4 is 11.8 Å². The van der Waals surface area contributed by atoms with Crippen LogP contribution in [0.2, 0.25) is 0 Å². The number of benzene rings is 2. The van der Waals surface area contributed by atoms with E-state index in [1.54, 1.807) is 37.3 Å². The van der Waals surface area contributed by atoms with Crippen LogP contribution in [0.3, 0.4) is 0 Å². The van der Waals surface area contributed by atoms with Gasteiger partial charge >= 0.3 is 5.97 Å². The molecule has 0 unspecified atom stereocenters. The Bertz CT molecular complexity index is 692. The van der Waals surface area contributed by atoms with Gasteiger partial charge in [-0.1, -0.05) is 18.2 Å². The first kappa shape index (κ1) is 14.9. The summed E-state index contributed by atoms with van der Waals surface area (Å²) in [6.45, 7) is 1.80. The highest BCUT2D eigenvalue weighted by molar-refractivity contribution is 5.98. The third kappa shape index (κ3) is 3.34. The van der Waals surface area contributed by atoms with E-state index in [1.165, 1.54) is 19.2 Å². The number of esters is 1. The molecule has 0 amide bonds. The summed E-state index contributed by atoms with van der Waals surface area (Å²) in [7, 11) is 1.31. The van der Waals surface area contributed by atoms with Crippen LogP contribution in [0.5, 0.6) is 0 Å². The highest BCUT2D eigenvalue weighted by atomic mass is 19.1. The van der Waals surface area contributed by atoms with Crippen molar-refractivity contribution in [2.45, 2.75) is 13.3 Å². The molecule has 2 rings (SSSR count). The van der Waals surface area contributed by atoms with Crippen molar-refractivity contribution in [3.63, 3.8) is 0 Å². The lowest BCUT2D eigenvalue weighted by Crippen LogP contribution is -2.08. The SMILES string of the molecule is COC(=O)c1ccc(CC(=O)c2ccccc2F)c(C)c1. The van der Waals surface area contributed by atoms with Crippen molar-refractivity contribution < 1.29 is 18.7 Å². The van der Waals surface area contributed by atoms with Crippen LogP contribution in [0.25, 0.3) is 0 Å². The fourth-order valence-electron chi connectivity index (χ4n) is 2.09. The molecule has 0 saturated heterocycles. The normalized spacial score (nSPS) is 10.2. The number of aryl methyl sites for hydroxylation is 1. The van der Waals surface area contributed by atoms with Crippen LogP contribution in [-0.2, 0) is 11.2 Å². The Hall–Kier alpha value is -2.49. The first-order valence-corrected chi connectivity index (χ1v) is 6.48. The van der Waals surface area contributed by atoms with Crippen molar-refractivity contribution in [3.8, 4) is 0 Å². The van der Waals surface area contributed by atoms with E-state index in [1.807, 2.05) is 0 Å². The first-order valence-electron chi connectivity index (χ1n) is 6.48. The second-order valence-electron chi connectivity index (χ2n) is 4.71. The Labute approximate surface area is 122 Å². The van der Waals surface area contributed by atoms with Crippen LogP contribution in [0, 0.1) is 12.7 Å². The summed E-state index contributed by atoms with van der Waals surface area (Å²) in [5.41, 5.74) is 2.06. The summed E-state index contributed by atoms with van der Waals surface area (Å²) in [6.07, 6.45) is 0.0915. The van der Waals surface area contributed by atoms with Crippen molar-refractivity contribution in [2.24, 2.45) is 0 Å². The van der Waals surface area contributed by atoms with Crippen LogP contribution in [-0.4, -0.2) is 18.9 Å². The van der Waals surface area contributed by atoms with Gasteiger partial charge in [0.2, 0.25) is 0 Å². The summed E-state index contributed by atoms with van der Waals surface area (Å²) in [5.74, 6) is -1.24. The zero-order valence-electron chi connectivity index (χ0n) is 11.9. The lowest BCUT2D eigenvalue weighted by molar-refractivity contribution is 0.0600. The molecule has 0 radical (unpaired) electrons. The Morgan fingerprint density at radius 2 is 1.86 bits per heavy atom. The summed E-state index contributed by atoms with van der Waals surface area (Å²) in [5, 5.41) is 0. The standard InChI is InChI=1S/C17H15FO3/c1-11-9-13(17(20)21-2)8-7-12(11)10-16(19)14-5-3-4-6-15(14)18/h3-9H,10H2,1-2H3. The molecule has 3 nitrogen and oxygen atoms in total. The maximum atomic E-state index is 13.6. The maximum absolute atomic E-state index is 13.6. The number of hydrogen-bond acceptors (Lipinski definition) is 3. The van der Waals surface area contributed by atoms with Gasteiger partial charge < -0.3 is 4.74 Å². The van der Waals surface area contributed by atoms with Gasteiger partial charge in [0.1, 0.15) is 5.82 Å². The molecule has 0 fully saturated rings. The molecule has 21 heavy (non-hydrogen) atoms. The number of rotatable bonds is 4. The molecule has 108 valence electrons. The van der Waals surface area contributed by atoms with E-state index >= 15 is 0 Å². The zero-order chi connectivity index (χ0) is 15.4. The van der Waals surface area contributed by atoms with E-state index in [9.17, 15) is 14.0 Å². The van der Waals surface area contributed by atoms with Crippen LogP contribution in [0.4, 0.5) is 4.39 Å². The van der Waals surface area contributed by atoms with E-state index in [-0.39, 0.29) is 17.8 Å². The Balaban J connectivity index is 2.22. The lowest BCUT2D eigenvalue weighted by Gasteiger charge is -2.08. The van der Waals surface area contributed by atoms with Gasteiger partial charge in [0, 0.05) is 6.42 Å². The molecule has 0 aromatic heterocycles. The molecule has 0 aliphatic heterocycles. The quantitative estimate of drug-likeness (QED) is 0.639. The Kier molecular flexibility index (Phi) is 4.48. The van der Waals surface area contributed by atoms with Crippen LogP contribution >= 0.6 is 0 Å². The summed E-state index contributed by atoms with van der Waals surface area (Å²) in [4.78, 5) is 23.6. The fourth-order valence-corrected chi connectivity index (χ4v) is 2.09. The molecular formula is C17H15FO3. The van der Waals surface area contributed by atoms with Gasteiger partial charge in [-0.15, -0.1) is 0 Å². The molecule has 0 aliphatic rings. The highest BCUT2D eigenvalue weighted by Gasteiger charge is 2.14. The number of carbonyl (C=O) groups is 2. The maximum Gasteiger partial charge on any atom is 0.337 e.